The van der Waals surface area contributed by atoms with Gasteiger partial charge in [0.05, 0.1) is 12.8 Å². The second-order valence-electron chi connectivity index (χ2n) is 4.44. The van der Waals surface area contributed by atoms with Crippen molar-refractivity contribution in [3.63, 3.8) is 0 Å². The van der Waals surface area contributed by atoms with Gasteiger partial charge in [0.15, 0.2) is 0 Å². The number of nitrogens with zero attached hydrogens (tertiary/aromatic N) is 2. The fourth-order valence-electron chi connectivity index (χ4n) is 1.88. The molecule has 0 aliphatic rings. The van der Waals surface area contributed by atoms with Crippen LogP contribution in [0.3, 0.4) is 0 Å². The highest BCUT2D eigenvalue weighted by molar-refractivity contribution is 5.24. The summed E-state index contributed by atoms with van der Waals surface area (Å²) in [7, 11) is 3.38. The Morgan fingerprint density at radius 1 is 1.33 bits per heavy atom. The molecule has 1 aromatic carbocycles. The van der Waals surface area contributed by atoms with Crippen LogP contribution in [0, 0.1) is 6.92 Å². The number of hydrogen-bond donors (Lipinski definition) is 1. The van der Waals surface area contributed by atoms with Gasteiger partial charge < -0.3 is 9.84 Å². The zero-order chi connectivity index (χ0) is 13.1. The maximum Gasteiger partial charge on any atom is 0.211 e. The monoisotopic (exact) mass is 246 g/mol. The number of aromatic nitrogens is 2. The molecular formula is C14H18N2O2. The lowest BCUT2D eigenvalue weighted by Crippen LogP contribution is -2.03. The Labute approximate surface area is 107 Å². The predicted molar refractivity (Wildman–Crippen MR) is 69.6 cm³/mol. The second-order valence-corrected chi connectivity index (χ2v) is 4.44. The van der Waals surface area contributed by atoms with Crippen LogP contribution in [0.1, 0.15) is 22.9 Å². The SMILES string of the molecule is COc1cc(C(O)Cc2ccc(C)cc2)nn1C. The molecule has 2 aromatic rings. The number of aliphatic hydroxyl groups is 1. The van der Waals surface area contributed by atoms with E-state index < -0.39 is 6.10 Å². The fourth-order valence-corrected chi connectivity index (χ4v) is 1.88. The topological polar surface area (TPSA) is 47.3 Å². The third-order valence-corrected chi connectivity index (χ3v) is 2.96. The summed E-state index contributed by atoms with van der Waals surface area (Å²) in [5.41, 5.74) is 2.94. The van der Waals surface area contributed by atoms with E-state index >= 15 is 0 Å². The molecule has 1 atom stereocenters. The van der Waals surface area contributed by atoms with Gasteiger partial charge >= 0.3 is 0 Å². The van der Waals surface area contributed by atoms with Crippen LogP contribution < -0.4 is 4.74 Å². The van der Waals surface area contributed by atoms with Crippen LogP contribution in [0.4, 0.5) is 0 Å². The van der Waals surface area contributed by atoms with Crippen LogP contribution in [0.2, 0.25) is 0 Å². The molecular weight excluding hydrogens is 228 g/mol. The molecule has 4 nitrogen and oxygen atoms in total. The van der Waals surface area contributed by atoms with Crippen molar-refractivity contribution in [1.82, 2.24) is 9.78 Å². The summed E-state index contributed by atoms with van der Waals surface area (Å²) in [4.78, 5) is 0. The maximum absolute atomic E-state index is 10.1. The zero-order valence-electron chi connectivity index (χ0n) is 10.9. The Morgan fingerprint density at radius 2 is 2.00 bits per heavy atom. The van der Waals surface area contributed by atoms with E-state index in [4.69, 9.17) is 4.74 Å². The highest BCUT2D eigenvalue weighted by atomic mass is 16.5. The van der Waals surface area contributed by atoms with Crippen molar-refractivity contribution < 1.29 is 9.84 Å². The first-order valence-corrected chi connectivity index (χ1v) is 5.91. The van der Waals surface area contributed by atoms with E-state index in [2.05, 4.69) is 5.10 Å². The summed E-state index contributed by atoms with van der Waals surface area (Å²) in [5.74, 6) is 0.646. The standard InChI is InChI=1S/C14H18N2O2/c1-10-4-6-11(7-5-10)8-13(17)12-9-14(18-3)16(2)15-12/h4-7,9,13,17H,8H2,1-3H3. The van der Waals surface area contributed by atoms with Gasteiger partial charge in [0.1, 0.15) is 6.10 Å². The summed E-state index contributed by atoms with van der Waals surface area (Å²) in [6.45, 7) is 2.05. The Bertz CT molecular complexity index is 517. The maximum atomic E-state index is 10.1. The molecule has 4 heteroatoms. The molecule has 0 radical (unpaired) electrons. The smallest absolute Gasteiger partial charge is 0.211 e. The molecule has 0 fully saturated rings. The van der Waals surface area contributed by atoms with Gasteiger partial charge in [-0.2, -0.15) is 5.10 Å². The molecule has 1 heterocycles. The first kappa shape index (κ1) is 12.6. The minimum atomic E-state index is -0.609. The average molecular weight is 246 g/mol. The van der Waals surface area contributed by atoms with Crippen molar-refractivity contribution in [2.45, 2.75) is 19.4 Å². The van der Waals surface area contributed by atoms with Crippen molar-refractivity contribution >= 4 is 0 Å². The number of benzene rings is 1. The second kappa shape index (κ2) is 5.23. The number of aryl methyl sites for hydroxylation is 2. The van der Waals surface area contributed by atoms with E-state index in [-0.39, 0.29) is 0 Å². The lowest BCUT2D eigenvalue weighted by Gasteiger charge is -2.07. The van der Waals surface area contributed by atoms with E-state index in [1.165, 1.54) is 5.56 Å². The van der Waals surface area contributed by atoms with Gasteiger partial charge in [-0.25, -0.2) is 4.68 Å². The predicted octanol–water partition coefficient (Wildman–Crippen LogP) is 2.01. The molecule has 1 aromatic heterocycles. The lowest BCUT2D eigenvalue weighted by atomic mass is 10.0. The summed E-state index contributed by atoms with van der Waals surface area (Å²) in [6, 6.07) is 9.90. The van der Waals surface area contributed by atoms with Crippen LogP contribution in [0.15, 0.2) is 30.3 Å². The van der Waals surface area contributed by atoms with Crippen LogP contribution in [-0.4, -0.2) is 22.0 Å². The molecule has 0 amide bonds. The number of aliphatic hydroxyl groups excluding tert-OH is 1. The van der Waals surface area contributed by atoms with Crippen molar-refractivity contribution in [3.8, 4) is 5.88 Å². The highest BCUT2D eigenvalue weighted by Gasteiger charge is 2.14. The summed E-state index contributed by atoms with van der Waals surface area (Å²) in [6.07, 6.45) is -0.0525. The molecule has 0 spiro atoms. The Kier molecular flexibility index (Phi) is 3.67. The van der Waals surface area contributed by atoms with Crippen molar-refractivity contribution in [1.29, 1.82) is 0 Å². The first-order chi connectivity index (χ1) is 8.60. The number of methoxy groups -OCH3 is 1. The van der Waals surface area contributed by atoms with Gasteiger partial charge in [-0.15, -0.1) is 0 Å². The minimum absolute atomic E-state index is 0.556. The average Bonchev–Trinajstić information content (AvgIpc) is 2.73. The molecule has 18 heavy (non-hydrogen) atoms. The number of rotatable bonds is 4. The van der Waals surface area contributed by atoms with E-state index in [0.29, 0.717) is 18.0 Å². The molecule has 96 valence electrons. The molecule has 0 aliphatic heterocycles. The van der Waals surface area contributed by atoms with E-state index in [9.17, 15) is 5.11 Å². The van der Waals surface area contributed by atoms with E-state index in [1.807, 2.05) is 31.2 Å². The van der Waals surface area contributed by atoms with E-state index in [1.54, 1.807) is 24.9 Å². The van der Waals surface area contributed by atoms with Crippen LogP contribution in [0.25, 0.3) is 0 Å². The highest BCUT2D eigenvalue weighted by Crippen LogP contribution is 2.21. The largest absolute Gasteiger partial charge is 0.481 e. The van der Waals surface area contributed by atoms with Gasteiger partial charge in [0, 0.05) is 19.5 Å². The molecule has 0 saturated carbocycles. The third kappa shape index (κ3) is 2.71. The van der Waals surface area contributed by atoms with Gasteiger partial charge in [-0.1, -0.05) is 29.8 Å². The van der Waals surface area contributed by atoms with Crippen molar-refractivity contribution in [2.24, 2.45) is 7.05 Å². The molecule has 0 saturated heterocycles. The van der Waals surface area contributed by atoms with Crippen LogP contribution in [-0.2, 0) is 13.5 Å². The normalized spacial score (nSPS) is 12.4. The Morgan fingerprint density at radius 3 is 2.56 bits per heavy atom. The summed E-state index contributed by atoms with van der Waals surface area (Å²) < 4.78 is 6.75. The number of hydrogen-bond acceptors (Lipinski definition) is 3. The van der Waals surface area contributed by atoms with Crippen LogP contribution in [0.5, 0.6) is 5.88 Å². The van der Waals surface area contributed by atoms with Gasteiger partial charge in [-0.3, -0.25) is 0 Å². The minimum Gasteiger partial charge on any atom is -0.481 e. The van der Waals surface area contributed by atoms with Gasteiger partial charge in [0.2, 0.25) is 5.88 Å². The molecule has 1 unspecified atom stereocenters. The quantitative estimate of drug-likeness (QED) is 0.897. The summed E-state index contributed by atoms with van der Waals surface area (Å²) >= 11 is 0. The number of ether oxygens (including phenoxy) is 1. The Hall–Kier alpha value is -1.81. The van der Waals surface area contributed by atoms with Crippen molar-refractivity contribution in [2.75, 3.05) is 7.11 Å². The molecule has 0 bridgehead atoms. The van der Waals surface area contributed by atoms with Crippen molar-refractivity contribution in [3.05, 3.63) is 47.2 Å². The molecule has 1 N–H and O–H groups in total. The van der Waals surface area contributed by atoms with E-state index in [0.717, 1.165) is 5.56 Å². The first-order valence-electron chi connectivity index (χ1n) is 5.91. The fraction of sp³-hybridized carbons (Fsp3) is 0.357. The molecule has 0 aliphatic carbocycles. The van der Waals surface area contributed by atoms with Gasteiger partial charge in [0.25, 0.3) is 0 Å². The zero-order valence-corrected chi connectivity index (χ0v) is 10.9. The molecule has 2 rings (SSSR count). The lowest BCUT2D eigenvalue weighted by molar-refractivity contribution is 0.173. The Balaban J connectivity index is 2.11. The van der Waals surface area contributed by atoms with Gasteiger partial charge in [-0.05, 0) is 12.5 Å². The summed E-state index contributed by atoms with van der Waals surface area (Å²) in [5, 5.41) is 14.4. The van der Waals surface area contributed by atoms with Crippen LogP contribution >= 0.6 is 0 Å². The third-order valence-electron chi connectivity index (χ3n) is 2.96.